The van der Waals surface area contributed by atoms with E-state index in [0.29, 0.717) is 0 Å². The highest BCUT2D eigenvalue weighted by atomic mass is 35.5. The number of rotatable bonds is 5. The van der Waals surface area contributed by atoms with Crippen molar-refractivity contribution in [3.8, 4) is 0 Å². The van der Waals surface area contributed by atoms with E-state index in [1.54, 1.807) is 5.54 Å². The van der Waals surface area contributed by atoms with Crippen LogP contribution in [0.25, 0.3) is 0 Å². The molecule has 0 aromatic rings. The summed E-state index contributed by atoms with van der Waals surface area (Å²) in [6.07, 6.45) is 8.72. The number of fused-ring (bicyclic) bond motifs is 2. The Morgan fingerprint density at radius 1 is 1.31 bits per heavy atom. The molecule has 0 aliphatic carbocycles. The van der Waals surface area contributed by atoms with Gasteiger partial charge in [-0.1, -0.05) is 24.6 Å². The zero-order valence-corrected chi connectivity index (χ0v) is 10.9. The average molecular weight is 243 g/mol. The third kappa shape index (κ3) is 2.99. The van der Waals surface area contributed by atoms with Crippen molar-refractivity contribution in [3.05, 3.63) is 11.6 Å². The minimum Gasteiger partial charge on any atom is -0.311 e. The first kappa shape index (κ1) is 12.4. The van der Waals surface area contributed by atoms with Gasteiger partial charge in [-0.2, -0.15) is 0 Å². The number of nitrogens with one attached hydrogen (secondary N) is 1. The normalized spacial score (nSPS) is 34.1. The van der Waals surface area contributed by atoms with Crippen molar-refractivity contribution in [1.29, 1.82) is 0 Å². The molecular weight excluding hydrogens is 220 g/mol. The Hall–Kier alpha value is -0.0500. The van der Waals surface area contributed by atoms with Gasteiger partial charge in [-0.05, 0) is 38.6 Å². The molecule has 2 atom stereocenters. The molecule has 0 radical (unpaired) electrons. The molecule has 2 nitrogen and oxygen atoms in total. The Bertz CT molecular complexity index is 230. The maximum atomic E-state index is 5.63. The molecule has 2 heterocycles. The van der Waals surface area contributed by atoms with Crippen molar-refractivity contribution >= 4 is 11.6 Å². The summed E-state index contributed by atoms with van der Waals surface area (Å²) in [5.74, 6) is 0. The molecule has 16 heavy (non-hydrogen) atoms. The van der Waals surface area contributed by atoms with Gasteiger partial charge in [0.2, 0.25) is 0 Å². The number of halogens is 1. The minimum absolute atomic E-state index is 0.770. The molecule has 2 aliphatic rings. The van der Waals surface area contributed by atoms with E-state index in [1.807, 2.05) is 0 Å². The lowest BCUT2D eigenvalue weighted by molar-refractivity contribution is 0.155. The van der Waals surface area contributed by atoms with Gasteiger partial charge in [-0.3, -0.25) is 4.90 Å². The fraction of sp³-hybridized carbons (Fsp3) is 0.846. The Morgan fingerprint density at radius 2 is 2.00 bits per heavy atom. The van der Waals surface area contributed by atoms with Gasteiger partial charge in [0.05, 0.1) is 0 Å². The Morgan fingerprint density at radius 3 is 2.56 bits per heavy atom. The van der Waals surface area contributed by atoms with Crippen molar-refractivity contribution in [2.24, 2.45) is 0 Å². The van der Waals surface area contributed by atoms with Gasteiger partial charge in [-0.25, -0.2) is 0 Å². The summed E-state index contributed by atoms with van der Waals surface area (Å²) in [5.41, 5.74) is 1.65. The minimum atomic E-state index is 0.770. The summed E-state index contributed by atoms with van der Waals surface area (Å²) in [7, 11) is 0. The standard InChI is InChI=1S/C13H23ClN2/c1-2-7-16(8-3-6-14)13-9-11-4-5-12(10-13)15-11/h3,6,11-13,15H,2,4-5,7-10H2,1H3/b6-3+. The predicted octanol–water partition coefficient (Wildman–Crippen LogP) is 2.73. The van der Waals surface area contributed by atoms with Crippen molar-refractivity contribution < 1.29 is 0 Å². The Balaban J connectivity index is 1.91. The molecule has 2 fully saturated rings. The Labute approximate surface area is 104 Å². The lowest BCUT2D eigenvalue weighted by atomic mass is 9.98. The van der Waals surface area contributed by atoms with Gasteiger partial charge in [0.25, 0.3) is 0 Å². The van der Waals surface area contributed by atoms with Crippen LogP contribution in [0, 0.1) is 0 Å². The lowest BCUT2D eigenvalue weighted by Crippen LogP contribution is -2.48. The van der Waals surface area contributed by atoms with Crippen LogP contribution in [0.4, 0.5) is 0 Å². The maximum absolute atomic E-state index is 5.63. The van der Waals surface area contributed by atoms with E-state index < -0.39 is 0 Å². The molecule has 0 amide bonds. The largest absolute Gasteiger partial charge is 0.311 e. The quantitative estimate of drug-likeness (QED) is 0.798. The third-order valence-corrected chi connectivity index (χ3v) is 4.08. The van der Waals surface area contributed by atoms with Crippen LogP contribution >= 0.6 is 11.6 Å². The molecule has 2 aliphatic heterocycles. The van der Waals surface area contributed by atoms with Crippen molar-refractivity contribution in [2.75, 3.05) is 13.1 Å². The van der Waals surface area contributed by atoms with Gasteiger partial charge in [0, 0.05) is 30.2 Å². The van der Waals surface area contributed by atoms with Gasteiger partial charge in [0.15, 0.2) is 0 Å². The van der Waals surface area contributed by atoms with Gasteiger partial charge in [0.1, 0.15) is 0 Å². The van der Waals surface area contributed by atoms with Crippen LogP contribution in [-0.4, -0.2) is 36.1 Å². The van der Waals surface area contributed by atoms with E-state index in [-0.39, 0.29) is 0 Å². The molecule has 1 N–H and O–H groups in total. The summed E-state index contributed by atoms with van der Waals surface area (Å²) < 4.78 is 0. The van der Waals surface area contributed by atoms with Gasteiger partial charge >= 0.3 is 0 Å². The SMILES string of the molecule is CCCN(C/C=C/Cl)C1CC2CCC(C1)N2. The molecule has 0 saturated carbocycles. The molecule has 2 unspecified atom stereocenters. The smallest absolute Gasteiger partial charge is 0.0177 e. The summed E-state index contributed by atoms with van der Waals surface area (Å²) in [6, 6.07) is 2.33. The zero-order chi connectivity index (χ0) is 11.4. The van der Waals surface area contributed by atoms with E-state index in [1.165, 1.54) is 38.6 Å². The number of hydrogen-bond donors (Lipinski definition) is 1. The highest BCUT2D eigenvalue weighted by Gasteiger charge is 2.35. The van der Waals surface area contributed by atoms with Crippen molar-refractivity contribution in [1.82, 2.24) is 10.2 Å². The second-order valence-corrected chi connectivity index (χ2v) is 5.37. The van der Waals surface area contributed by atoms with E-state index >= 15 is 0 Å². The first-order valence-corrected chi connectivity index (χ1v) is 7.02. The number of piperidine rings is 1. The second kappa shape index (κ2) is 6.04. The summed E-state index contributed by atoms with van der Waals surface area (Å²) in [6.45, 7) is 4.47. The van der Waals surface area contributed by atoms with Crippen LogP contribution in [0.1, 0.15) is 39.0 Å². The topological polar surface area (TPSA) is 15.3 Å². The van der Waals surface area contributed by atoms with Crippen LogP contribution < -0.4 is 5.32 Å². The van der Waals surface area contributed by atoms with Crippen LogP contribution in [0.15, 0.2) is 11.6 Å². The first-order chi connectivity index (χ1) is 7.83. The molecular formula is C13H23ClN2. The molecule has 0 aromatic carbocycles. The molecule has 0 aromatic heterocycles. The highest BCUT2D eigenvalue weighted by Crippen LogP contribution is 2.29. The van der Waals surface area contributed by atoms with Crippen LogP contribution in [0.5, 0.6) is 0 Å². The average Bonchev–Trinajstić information content (AvgIpc) is 2.63. The van der Waals surface area contributed by atoms with Crippen LogP contribution in [-0.2, 0) is 0 Å². The fourth-order valence-corrected chi connectivity index (χ4v) is 3.29. The van der Waals surface area contributed by atoms with E-state index in [9.17, 15) is 0 Å². The molecule has 2 rings (SSSR count). The predicted molar refractivity (Wildman–Crippen MR) is 69.8 cm³/mol. The fourth-order valence-electron chi connectivity index (χ4n) is 3.21. The number of hydrogen-bond acceptors (Lipinski definition) is 2. The van der Waals surface area contributed by atoms with Crippen molar-refractivity contribution in [3.63, 3.8) is 0 Å². The zero-order valence-electron chi connectivity index (χ0n) is 10.2. The first-order valence-electron chi connectivity index (χ1n) is 6.58. The van der Waals surface area contributed by atoms with Crippen LogP contribution in [0.2, 0.25) is 0 Å². The van der Waals surface area contributed by atoms with E-state index in [2.05, 4.69) is 23.2 Å². The highest BCUT2D eigenvalue weighted by molar-refractivity contribution is 6.25. The summed E-state index contributed by atoms with van der Waals surface area (Å²) >= 11 is 5.63. The lowest BCUT2D eigenvalue weighted by Gasteiger charge is -2.37. The molecule has 0 spiro atoms. The summed E-state index contributed by atoms with van der Waals surface area (Å²) in [4.78, 5) is 2.60. The number of nitrogens with zero attached hydrogens (tertiary/aromatic N) is 1. The molecule has 3 heteroatoms. The van der Waals surface area contributed by atoms with Crippen LogP contribution in [0.3, 0.4) is 0 Å². The molecule has 2 bridgehead atoms. The maximum Gasteiger partial charge on any atom is 0.0177 e. The van der Waals surface area contributed by atoms with E-state index in [0.717, 1.165) is 24.7 Å². The monoisotopic (exact) mass is 242 g/mol. The van der Waals surface area contributed by atoms with E-state index in [4.69, 9.17) is 11.6 Å². The Kier molecular flexibility index (Phi) is 4.68. The summed E-state index contributed by atoms with van der Waals surface area (Å²) in [5, 5.41) is 3.70. The second-order valence-electron chi connectivity index (χ2n) is 5.12. The molecule has 92 valence electrons. The molecule has 2 saturated heterocycles. The van der Waals surface area contributed by atoms with Gasteiger partial charge < -0.3 is 5.32 Å². The van der Waals surface area contributed by atoms with Crippen molar-refractivity contribution in [2.45, 2.75) is 57.2 Å². The third-order valence-electron chi connectivity index (χ3n) is 3.90. The van der Waals surface area contributed by atoms with Gasteiger partial charge in [-0.15, -0.1) is 0 Å².